The Bertz CT molecular complexity index is 972. The number of aromatic nitrogens is 2. The lowest BCUT2D eigenvalue weighted by Crippen LogP contribution is -2.52. The number of hydrogen-bond acceptors (Lipinski definition) is 5. The third-order valence-electron chi connectivity index (χ3n) is 5.68. The Morgan fingerprint density at radius 3 is 2.39 bits per heavy atom. The molecule has 0 spiro atoms. The SMILES string of the molecule is CCOC(=O)N1CCN(C(=O)C(C)n2cc(NC(=S)NC(C)c3ccccc3)c(C)n2)CC1. The zero-order chi connectivity index (χ0) is 24.0. The second-order valence-electron chi connectivity index (χ2n) is 8.03. The number of aryl methyl sites for hydroxylation is 1. The lowest BCUT2D eigenvalue weighted by molar-refractivity contribution is -0.136. The van der Waals surface area contributed by atoms with E-state index in [1.54, 1.807) is 27.6 Å². The summed E-state index contributed by atoms with van der Waals surface area (Å²) in [5, 5.41) is 11.5. The van der Waals surface area contributed by atoms with Crippen molar-refractivity contribution in [3.63, 3.8) is 0 Å². The van der Waals surface area contributed by atoms with Crippen LogP contribution in [0.4, 0.5) is 10.5 Å². The van der Waals surface area contributed by atoms with Gasteiger partial charge in [-0.25, -0.2) is 4.79 Å². The molecule has 0 radical (unpaired) electrons. The van der Waals surface area contributed by atoms with Crippen molar-refractivity contribution in [2.45, 2.75) is 39.8 Å². The predicted molar refractivity (Wildman–Crippen MR) is 131 cm³/mol. The first-order valence-electron chi connectivity index (χ1n) is 11.2. The van der Waals surface area contributed by atoms with Gasteiger partial charge in [0, 0.05) is 32.4 Å². The standard InChI is InChI=1S/C23H32N6O3S/c1-5-32-23(31)28-13-11-27(12-14-28)21(30)18(4)29-15-20(17(3)26-29)25-22(33)24-16(2)19-9-7-6-8-10-19/h6-10,15-16,18H,5,11-14H2,1-4H3,(H2,24,25,33). The summed E-state index contributed by atoms with van der Waals surface area (Å²) in [7, 11) is 0. The Labute approximate surface area is 200 Å². The molecule has 9 nitrogen and oxygen atoms in total. The number of nitrogens with one attached hydrogen (secondary N) is 2. The molecule has 2 heterocycles. The van der Waals surface area contributed by atoms with Crippen molar-refractivity contribution >= 4 is 35.0 Å². The van der Waals surface area contributed by atoms with Crippen molar-refractivity contribution in [2.75, 3.05) is 38.1 Å². The summed E-state index contributed by atoms with van der Waals surface area (Å²) in [5.74, 6) is -0.0361. The van der Waals surface area contributed by atoms with Crippen molar-refractivity contribution < 1.29 is 14.3 Å². The fraction of sp³-hybridized carbons (Fsp3) is 0.478. The summed E-state index contributed by atoms with van der Waals surface area (Å²) in [6, 6.07) is 9.63. The van der Waals surface area contributed by atoms with Crippen LogP contribution < -0.4 is 10.6 Å². The first-order valence-corrected chi connectivity index (χ1v) is 11.6. The maximum atomic E-state index is 13.0. The molecule has 1 aromatic carbocycles. The maximum absolute atomic E-state index is 13.0. The smallest absolute Gasteiger partial charge is 0.409 e. The molecule has 0 aliphatic carbocycles. The lowest BCUT2D eigenvalue weighted by atomic mass is 10.1. The molecule has 1 aromatic heterocycles. The van der Waals surface area contributed by atoms with Gasteiger partial charge in [-0.2, -0.15) is 5.10 Å². The molecule has 1 aliphatic heterocycles. The highest BCUT2D eigenvalue weighted by molar-refractivity contribution is 7.80. The number of piperazine rings is 1. The topological polar surface area (TPSA) is 91.7 Å². The normalized spacial score (nSPS) is 15.5. The predicted octanol–water partition coefficient (Wildman–Crippen LogP) is 3.10. The number of anilines is 1. The number of thiocarbonyl (C=S) groups is 1. The first-order chi connectivity index (χ1) is 15.8. The molecular formula is C23H32N6O3S. The molecule has 10 heteroatoms. The van der Waals surface area contributed by atoms with E-state index >= 15 is 0 Å². The quantitative estimate of drug-likeness (QED) is 0.624. The van der Waals surface area contributed by atoms with E-state index in [1.807, 2.05) is 51.1 Å². The van der Waals surface area contributed by atoms with E-state index in [4.69, 9.17) is 17.0 Å². The average Bonchev–Trinajstić information content (AvgIpc) is 3.18. The molecule has 3 rings (SSSR count). The van der Waals surface area contributed by atoms with Crippen LogP contribution in [0.3, 0.4) is 0 Å². The zero-order valence-electron chi connectivity index (χ0n) is 19.6. The highest BCUT2D eigenvalue weighted by atomic mass is 32.1. The molecule has 178 valence electrons. The number of carbonyl (C=O) groups is 2. The van der Waals surface area contributed by atoms with Crippen LogP contribution in [0, 0.1) is 6.92 Å². The minimum atomic E-state index is -0.474. The number of rotatable bonds is 6. The van der Waals surface area contributed by atoms with Crippen LogP contribution in [0.25, 0.3) is 0 Å². The van der Waals surface area contributed by atoms with Gasteiger partial charge >= 0.3 is 6.09 Å². The van der Waals surface area contributed by atoms with Crippen LogP contribution in [-0.4, -0.2) is 69.5 Å². The molecule has 1 aliphatic rings. The molecule has 0 saturated carbocycles. The van der Waals surface area contributed by atoms with Crippen LogP contribution in [0.2, 0.25) is 0 Å². The van der Waals surface area contributed by atoms with Crippen LogP contribution in [-0.2, 0) is 9.53 Å². The molecule has 1 fully saturated rings. The maximum Gasteiger partial charge on any atom is 0.409 e. The second kappa shape index (κ2) is 11.1. The van der Waals surface area contributed by atoms with Crippen molar-refractivity contribution in [1.82, 2.24) is 24.9 Å². The van der Waals surface area contributed by atoms with E-state index in [0.717, 1.165) is 16.9 Å². The average molecular weight is 473 g/mol. The van der Waals surface area contributed by atoms with Gasteiger partial charge < -0.3 is 25.2 Å². The summed E-state index contributed by atoms with van der Waals surface area (Å²) in [6.45, 7) is 9.72. The lowest BCUT2D eigenvalue weighted by Gasteiger charge is -2.35. The van der Waals surface area contributed by atoms with Gasteiger partial charge in [0.1, 0.15) is 6.04 Å². The molecule has 33 heavy (non-hydrogen) atoms. The third-order valence-corrected chi connectivity index (χ3v) is 5.90. The molecule has 2 atom stereocenters. The Morgan fingerprint density at radius 1 is 1.12 bits per heavy atom. The summed E-state index contributed by atoms with van der Waals surface area (Å²) in [5.41, 5.74) is 2.63. The highest BCUT2D eigenvalue weighted by Gasteiger charge is 2.29. The van der Waals surface area contributed by atoms with Crippen molar-refractivity contribution in [1.29, 1.82) is 0 Å². The fourth-order valence-electron chi connectivity index (χ4n) is 3.68. The van der Waals surface area contributed by atoms with Crippen LogP contribution >= 0.6 is 12.2 Å². The van der Waals surface area contributed by atoms with E-state index < -0.39 is 6.04 Å². The molecular weight excluding hydrogens is 440 g/mol. The third kappa shape index (κ3) is 6.22. The van der Waals surface area contributed by atoms with Crippen molar-refractivity contribution in [3.8, 4) is 0 Å². The number of ether oxygens (including phenoxy) is 1. The van der Waals surface area contributed by atoms with Crippen LogP contribution in [0.15, 0.2) is 36.5 Å². The van der Waals surface area contributed by atoms with Crippen LogP contribution in [0.1, 0.15) is 44.1 Å². The first kappa shape index (κ1) is 24.5. The number of hydrogen-bond donors (Lipinski definition) is 2. The minimum Gasteiger partial charge on any atom is -0.450 e. The minimum absolute atomic E-state index is 0.0361. The van der Waals surface area contributed by atoms with Gasteiger partial charge in [0.2, 0.25) is 5.91 Å². The zero-order valence-corrected chi connectivity index (χ0v) is 20.4. The van der Waals surface area contributed by atoms with Crippen molar-refractivity contribution in [2.24, 2.45) is 0 Å². The molecule has 2 amide bonds. The molecule has 1 saturated heterocycles. The van der Waals surface area contributed by atoms with Gasteiger partial charge in [-0.1, -0.05) is 30.3 Å². The Morgan fingerprint density at radius 2 is 1.76 bits per heavy atom. The van der Waals surface area contributed by atoms with Gasteiger partial charge in [0.25, 0.3) is 0 Å². The fourth-order valence-corrected chi connectivity index (χ4v) is 3.97. The van der Waals surface area contributed by atoms with Crippen molar-refractivity contribution in [3.05, 3.63) is 47.8 Å². The second-order valence-corrected chi connectivity index (χ2v) is 8.43. The van der Waals surface area contributed by atoms with E-state index in [-0.39, 0.29) is 18.0 Å². The highest BCUT2D eigenvalue weighted by Crippen LogP contribution is 2.19. The van der Waals surface area contributed by atoms with Gasteiger partial charge in [-0.15, -0.1) is 0 Å². The van der Waals surface area contributed by atoms with Crippen LogP contribution in [0.5, 0.6) is 0 Å². The monoisotopic (exact) mass is 472 g/mol. The Hall–Kier alpha value is -3.14. The molecule has 0 bridgehead atoms. The van der Waals surface area contributed by atoms with Gasteiger partial charge in [0.05, 0.1) is 24.0 Å². The van der Waals surface area contributed by atoms with E-state index in [2.05, 4.69) is 15.7 Å². The van der Waals surface area contributed by atoms with Gasteiger partial charge in [-0.3, -0.25) is 9.48 Å². The molecule has 2 aromatic rings. The van der Waals surface area contributed by atoms with E-state index in [9.17, 15) is 9.59 Å². The molecule has 2 N–H and O–H groups in total. The summed E-state index contributed by atoms with van der Waals surface area (Å²) in [6.07, 6.45) is 1.47. The van der Waals surface area contributed by atoms with E-state index in [0.29, 0.717) is 37.9 Å². The molecule has 2 unspecified atom stereocenters. The number of benzene rings is 1. The Kier molecular flexibility index (Phi) is 8.26. The summed E-state index contributed by atoms with van der Waals surface area (Å²) >= 11 is 5.47. The summed E-state index contributed by atoms with van der Waals surface area (Å²) < 4.78 is 6.69. The number of amides is 2. The van der Waals surface area contributed by atoms with Gasteiger partial charge in [0.15, 0.2) is 5.11 Å². The van der Waals surface area contributed by atoms with Gasteiger partial charge in [-0.05, 0) is 45.5 Å². The summed E-state index contributed by atoms with van der Waals surface area (Å²) in [4.78, 5) is 28.3. The Balaban J connectivity index is 1.56. The van der Waals surface area contributed by atoms with E-state index in [1.165, 1.54) is 0 Å². The largest absolute Gasteiger partial charge is 0.450 e. The number of nitrogens with zero attached hydrogens (tertiary/aromatic N) is 4. The number of carbonyl (C=O) groups excluding carboxylic acids is 2.